The fraction of sp³-hybridized carbons (Fsp3) is 0.308. The minimum atomic E-state index is -4.74. The van der Waals surface area contributed by atoms with Gasteiger partial charge in [0, 0.05) is 18.0 Å². The van der Waals surface area contributed by atoms with Crippen LogP contribution in [0.15, 0.2) is 71.8 Å². The molecule has 0 fully saturated rings. The van der Waals surface area contributed by atoms with E-state index >= 15 is 0 Å². The largest absolute Gasteiger partial charge is 0.483 e. The van der Waals surface area contributed by atoms with Gasteiger partial charge in [0.1, 0.15) is 18.0 Å². The van der Waals surface area contributed by atoms with Gasteiger partial charge in [0.15, 0.2) is 6.10 Å². The summed E-state index contributed by atoms with van der Waals surface area (Å²) in [6.45, 7) is 4.68. The van der Waals surface area contributed by atoms with Crippen LogP contribution in [-0.4, -0.2) is 44.4 Å². The minimum absolute atomic E-state index is 0.0232. The summed E-state index contributed by atoms with van der Waals surface area (Å²) in [4.78, 5) is 15.8. The van der Waals surface area contributed by atoms with Crippen molar-refractivity contribution in [2.24, 2.45) is 0 Å². The van der Waals surface area contributed by atoms with Crippen LogP contribution in [0.25, 0.3) is 0 Å². The van der Waals surface area contributed by atoms with Crippen molar-refractivity contribution in [3.8, 4) is 11.6 Å². The van der Waals surface area contributed by atoms with Crippen LogP contribution in [0.2, 0.25) is 0 Å². The maximum atomic E-state index is 13.7. The molecule has 39 heavy (non-hydrogen) atoms. The van der Waals surface area contributed by atoms with Crippen LogP contribution >= 0.6 is 0 Å². The molecule has 1 aliphatic heterocycles. The van der Waals surface area contributed by atoms with E-state index in [4.69, 9.17) is 14.2 Å². The predicted octanol–water partition coefficient (Wildman–Crippen LogP) is 5.48. The van der Waals surface area contributed by atoms with Crippen molar-refractivity contribution in [3.63, 3.8) is 0 Å². The average molecular weight is 566 g/mol. The number of anilines is 2. The number of carbonyl (C=O) groups excluding carboxylic acids is 1. The standard InChI is InChI=1S/C26H26F3N3O6S/c1-25(2,3)38-24(33)31-18-10-11-22-21(14-18)32(15-19(37-22)16-36-23-9-4-5-12-30-23)39(34,35)20-8-6-7-17(13-20)26(27,28)29/h4-14,19H,15-16H2,1-3H3,(H,31,33)/t19-/m1/s1. The highest BCUT2D eigenvalue weighted by atomic mass is 32.2. The monoisotopic (exact) mass is 565 g/mol. The molecule has 13 heteroatoms. The summed E-state index contributed by atoms with van der Waals surface area (Å²) in [5.41, 5.74) is -1.66. The van der Waals surface area contributed by atoms with E-state index in [1.807, 2.05) is 0 Å². The molecule has 0 saturated heterocycles. The number of hydrogen-bond donors (Lipinski definition) is 1. The molecule has 208 valence electrons. The molecule has 3 aromatic rings. The fourth-order valence-corrected chi connectivity index (χ4v) is 5.24. The molecule has 0 aliphatic carbocycles. The lowest BCUT2D eigenvalue weighted by Crippen LogP contribution is -2.46. The molecule has 2 aromatic carbocycles. The normalized spacial score (nSPS) is 15.6. The highest BCUT2D eigenvalue weighted by Crippen LogP contribution is 2.40. The molecule has 4 rings (SSSR count). The number of fused-ring (bicyclic) bond motifs is 1. The van der Waals surface area contributed by atoms with E-state index < -0.39 is 44.5 Å². The van der Waals surface area contributed by atoms with Crippen molar-refractivity contribution in [2.45, 2.75) is 43.5 Å². The Bertz CT molecular complexity index is 1440. The zero-order valence-corrected chi connectivity index (χ0v) is 22.0. The average Bonchev–Trinajstić information content (AvgIpc) is 2.86. The van der Waals surface area contributed by atoms with Gasteiger partial charge in [-0.25, -0.2) is 18.2 Å². The third-order valence-electron chi connectivity index (χ3n) is 5.34. The van der Waals surface area contributed by atoms with Crippen molar-refractivity contribution in [2.75, 3.05) is 22.8 Å². The number of hydrogen-bond acceptors (Lipinski definition) is 7. The molecule has 0 spiro atoms. The maximum absolute atomic E-state index is 13.7. The molecular formula is C26H26F3N3O6S. The van der Waals surface area contributed by atoms with Gasteiger partial charge in [-0.3, -0.25) is 9.62 Å². The second kappa shape index (κ2) is 10.6. The van der Waals surface area contributed by atoms with Gasteiger partial charge in [-0.05, 0) is 63.2 Å². The number of benzene rings is 2. The number of amides is 1. The number of nitrogens with zero attached hydrogens (tertiary/aromatic N) is 2. The smallest absolute Gasteiger partial charge is 0.416 e. The molecule has 1 amide bonds. The van der Waals surface area contributed by atoms with Gasteiger partial charge in [0.25, 0.3) is 10.0 Å². The molecule has 0 unspecified atom stereocenters. The second-order valence-electron chi connectivity index (χ2n) is 9.59. The van der Waals surface area contributed by atoms with Crippen molar-refractivity contribution >= 4 is 27.5 Å². The molecule has 1 atom stereocenters. The van der Waals surface area contributed by atoms with Crippen molar-refractivity contribution < 1.29 is 40.6 Å². The Balaban J connectivity index is 1.69. The Kier molecular flexibility index (Phi) is 7.64. The van der Waals surface area contributed by atoms with E-state index in [-0.39, 0.29) is 36.2 Å². The first-order valence-corrected chi connectivity index (χ1v) is 13.2. The molecule has 1 aromatic heterocycles. The van der Waals surface area contributed by atoms with E-state index in [0.717, 1.165) is 22.5 Å². The molecule has 1 N–H and O–H groups in total. The summed E-state index contributed by atoms with van der Waals surface area (Å²) in [5, 5.41) is 2.53. The van der Waals surface area contributed by atoms with E-state index in [1.54, 1.807) is 39.0 Å². The number of nitrogens with one attached hydrogen (secondary N) is 1. The summed E-state index contributed by atoms with van der Waals surface area (Å²) in [6, 6.07) is 12.8. The van der Waals surface area contributed by atoms with Crippen LogP contribution in [0.3, 0.4) is 0 Å². The second-order valence-corrected chi connectivity index (χ2v) is 11.5. The van der Waals surface area contributed by atoms with Gasteiger partial charge in [-0.15, -0.1) is 0 Å². The Morgan fingerprint density at radius 2 is 1.87 bits per heavy atom. The molecule has 2 heterocycles. The van der Waals surface area contributed by atoms with Gasteiger partial charge >= 0.3 is 12.3 Å². The first-order chi connectivity index (χ1) is 18.2. The maximum Gasteiger partial charge on any atom is 0.416 e. The number of sulfonamides is 1. The Morgan fingerprint density at radius 3 is 2.54 bits per heavy atom. The van der Waals surface area contributed by atoms with Gasteiger partial charge in [0.2, 0.25) is 5.88 Å². The van der Waals surface area contributed by atoms with Crippen LogP contribution in [0.5, 0.6) is 11.6 Å². The van der Waals surface area contributed by atoms with Crippen molar-refractivity contribution in [3.05, 3.63) is 72.4 Å². The van der Waals surface area contributed by atoms with Crippen LogP contribution in [0.4, 0.5) is 29.3 Å². The molecule has 0 radical (unpaired) electrons. The highest BCUT2D eigenvalue weighted by molar-refractivity contribution is 7.92. The number of aromatic nitrogens is 1. The summed E-state index contributed by atoms with van der Waals surface area (Å²) in [5.74, 6) is 0.414. The van der Waals surface area contributed by atoms with Crippen molar-refractivity contribution in [1.29, 1.82) is 0 Å². The number of pyridine rings is 1. The van der Waals surface area contributed by atoms with Crippen LogP contribution < -0.4 is 19.1 Å². The molecular weight excluding hydrogens is 539 g/mol. The third kappa shape index (κ3) is 6.91. The summed E-state index contributed by atoms with van der Waals surface area (Å²) >= 11 is 0. The fourth-order valence-electron chi connectivity index (χ4n) is 3.70. The van der Waals surface area contributed by atoms with Gasteiger partial charge in [-0.2, -0.15) is 13.2 Å². The van der Waals surface area contributed by atoms with Gasteiger partial charge < -0.3 is 14.2 Å². The lowest BCUT2D eigenvalue weighted by molar-refractivity contribution is -0.137. The van der Waals surface area contributed by atoms with Gasteiger partial charge in [-0.1, -0.05) is 12.1 Å². The zero-order chi connectivity index (χ0) is 28.4. The van der Waals surface area contributed by atoms with E-state index in [0.29, 0.717) is 6.07 Å². The summed E-state index contributed by atoms with van der Waals surface area (Å²) < 4.78 is 85.2. The number of carbonyl (C=O) groups is 1. The third-order valence-corrected chi connectivity index (χ3v) is 7.12. The summed E-state index contributed by atoms with van der Waals surface area (Å²) in [6.07, 6.45) is -4.81. The number of halogens is 3. The Morgan fingerprint density at radius 1 is 1.10 bits per heavy atom. The lowest BCUT2D eigenvalue weighted by Gasteiger charge is -2.35. The van der Waals surface area contributed by atoms with Crippen LogP contribution in [0.1, 0.15) is 26.3 Å². The quantitative estimate of drug-likeness (QED) is 0.422. The topological polar surface area (TPSA) is 107 Å². The minimum Gasteiger partial charge on any atom is -0.483 e. The molecule has 9 nitrogen and oxygen atoms in total. The number of ether oxygens (including phenoxy) is 3. The molecule has 1 aliphatic rings. The lowest BCUT2D eigenvalue weighted by atomic mass is 10.2. The number of rotatable bonds is 6. The highest BCUT2D eigenvalue weighted by Gasteiger charge is 2.37. The zero-order valence-electron chi connectivity index (χ0n) is 21.2. The Labute approximate surface area is 223 Å². The van der Waals surface area contributed by atoms with E-state index in [2.05, 4.69) is 10.3 Å². The van der Waals surface area contributed by atoms with Gasteiger partial charge in [0.05, 0.1) is 22.7 Å². The SMILES string of the molecule is CC(C)(C)OC(=O)Nc1ccc2c(c1)N(S(=O)(=O)c1cccc(C(F)(F)F)c1)C[C@H](COc1ccccn1)O2. The Hall–Kier alpha value is -4.00. The van der Waals surface area contributed by atoms with Crippen molar-refractivity contribution in [1.82, 2.24) is 4.98 Å². The van der Waals surface area contributed by atoms with E-state index in [9.17, 15) is 26.4 Å². The molecule has 0 saturated carbocycles. The number of alkyl halides is 3. The van der Waals surface area contributed by atoms with Crippen LogP contribution in [-0.2, 0) is 20.9 Å². The first kappa shape index (κ1) is 28.0. The first-order valence-electron chi connectivity index (χ1n) is 11.8. The summed E-state index contributed by atoms with van der Waals surface area (Å²) in [7, 11) is -4.51. The molecule has 0 bridgehead atoms. The predicted molar refractivity (Wildman–Crippen MR) is 136 cm³/mol. The van der Waals surface area contributed by atoms with Crippen LogP contribution in [0, 0.1) is 0 Å². The van der Waals surface area contributed by atoms with E-state index in [1.165, 1.54) is 24.4 Å².